The lowest BCUT2D eigenvalue weighted by atomic mass is 10.1. The molecule has 122 valence electrons. The molecule has 4 aromatic rings. The summed E-state index contributed by atoms with van der Waals surface area (Å²) in [6.07, 6.45) is 0. The summed E-state index contributed by atoms with van der Waals surface area (Å²) in [4.78, 5) is 2.09. The van der Waals surface area contributed by atoms with E-state index in [4.69, 9.17) is 0 Å². The molecule has 4 aromatic carbocycles. The smallest absolute Gasteiger partial charge is 0.115 e. The minimum atomic E-state index is 0.230. The van der Waals surface area contributed by atoms with Gasteiger partial charge in [0.05, 0.1) is 0 Å². The number of rotatable bonds is 3. The maximum Gasteiger partial charge on any atom is 0.115 e. The predicted molar refractivity (Wildman–Crippen MR) is 102 cm³/mol. The summed E-state index contributed by atoms with van der Waals surface area (Å²) in [5.74, 6) is 0.459. The molecule has 0 radical (unpaired) electrons. The Morgan fingerprint density at radius 1 is 0.480 bits per heavy atom. The Bertz CT molecular complexity index is 963. The van der Waals surface area contributed by atoms with Crippen LogP contribution in [0.3, 0.4) is 0 Å². The summed E-state index contributed by atoms with van der Waals surface area (Å²) in [6, 6.07) is 28.7. The predicted octanol–water partition coefficient (Wildman–Crippen LogP) is 5.72. The van der Waals surface area contributed by atoms with Gasteiger partial charge >= 0.3 is 0 Å². The summed E-state index contributed by atoms with van der Waals surface area (Å²) in [5, 5.41) is 21.5. The first-order valence-electron chi connectivity index (χ1n) is 8.08. The van der Waals surface area contributed by atoms with Crippen molar-refractivity contribution in [3.63, 3.8) is 0 Å². The normalized spacial score (nSPS) is 10.7. The number of aromatic hydroxyl groups is 2. The van der Waals surface area contributed by atoms with Gasteiger partial charge in [-0.05, 0) is 71.4 Å². The van der Waals surface area contributed by atoms with Gasteiger partial charge in [0, 0.05) is 17.1 Å². The molecule has 0 aliphatic carbocycles. The van der Waals surface area contributed by atoms with Gasteiger partial charge in [0.1, 0.15) is 11.5 Å². The summed E-state index contributed by atoms with van der Waals surface area (Å²) < 4.78 is 0. The zero-order valence-electron chi connectivity index (χ0n) is 13.5. The first-order chi connectivity index (χ1) is 12.2. The molecule has 0 aliphatic rings. The molecule has 2 N–H and O–H groups in total. The van der Waals surface area contributed by atoms with E-state index in [1.165, 1.54) is 5.39 Å². The van der Waals surface area contributed by atoms with Crippen LogP contribution in [0.25, 0.3) is 10.8 Å². The largest absolute Gasteiger partial charge is 0.508 e. The van der Waals surface area contributed by atoms with Crippen LogP contribution in [0.4, 0.5) is 17.1 Å². The number of fused-ring (bicyclic) bond motifs is 1. The van der Waals surface area contributed by atoms with Gasteiger partial charge in [0.2, 0.25) is 0 Å². The molecule has 0 fully saturated rings. The fourth-order valence-electron chi connectivity index (χ4n) is 2.97. The van der Waals surface area contributed by atoms with Crippen molar-refractivity contribution in [3.8, 4) is 11.5 Å². The van der Waals surface area contributed by atoms with E-state index < -0.39 is 0 Å². The minimum absolute atomic E-state index is 0.230. The number of anilines is 3. The molecule has 0 unspecified atom stereocenters. The lowest BCUT2D eigenvalue weighted by molar-refractivity contribution is 0.475. The first-order valence-corrected chi connectivity index (χ1v) is 8.08. The van der Waals surface area contributed by atoms with Crippen LogP contribution in [0.15, 0.2) is 91.0 Å². The van der Waals surface area contributed by atoms with Crippen molar-refractivity contribution in [2.45, 2.75) is 0 Å². The van der Waals surface area contributed by atoms with Crippen LogP contribution in [0.2, 0.25) is 0 Å². The van der Waals surface area contributed by atoms with E-state index in [2.05, 4.69) is 35.2 Å². The van der Waals surface area contributed by atoms with E-state index in [0.29, 0.717) is 0 Å². The molecular formula is C22H17NO2. The zero-order chi connectivity index (χ0) is 17.2. The molecule has 0 bridgehead atoms. The van der Waals surface area contributed by atoms with Crippen LogP contribution in [0.1, 0.15) is 0 Å². The molecule has 0 aromatic heterocycles. The number of benzene rings is 4. The quantitative estimate of drug-likeness (QED) is 0.506. The monoisotopic (exact) mass is 327 g/mol. The maximum atomic E-state index is 9.61. The molecule has 0 aliphatic heterocycles. The van der Waals surface area contributed by atoms with E-state index in [1.54, 1.807) is 24.3 Å². The van der Waals surface area contributed by atoms with Gasteiger partial charge < -0.3 is 15.1 Å². The summed E-state index contributed by atoms with van der Waals surface area (Å²) in [7, 11) is 0. The van der Waals surface area contributed by atoms with Gasteiger partial charge in [0.25, 0.3) is 0 Å². The lowest BCUT2D eigenvalue weighted by Gasteiger charge is -2.25. The number of nitrogens with zero attached hydrogens (tertiary/aromatic N) is 1. The topological polar surface area (TPSA) is 43.7 Å². The summed E-state index contributed by atoms with van der Waals surface area (Å²) in [5.41, 5.74) is 2.87. The van der Waals surface area contributed by atoms with Gasteiger partial charge in [-0.15, -0.1) is 0 Å². The molecule has 0 atom stereocenters. The second-order valence-electron chi connectivity index (χ2n) is 5.90. The first kappa shape index (κ1) is 15.1. The van der Waals surface area contributed by atoms with E-state index >= 15 is 0 Å². The van der Waals surface area contributed by atoms with Gasteiger partial charge in [-0.25, -0.2) is 0 Å². The Balaban J connectivity index is 1.88. The van der Waals surface area contributed by atoms with Crippen molar-refractivity contribution in [2.24, 2.45) is 0 Å². The molecule has 0 heterocycles. The Morgan fingerprint density at radius 3 is 1.52 bits per heavy atom. The van der Waals surface area contributed by atoms with E-state index in [-0.39, 0.29) is 11.5 Å². The van der Waals surface area contributed by atoms with Crippen LogP contribution < -0.4 is 4.90 Å². The van der Waals surface area contributed by atoms with Crippen LogP contribution in [-0.2, 0) is 0 Å². The van der Waals surface area contributed by atoms with Crippen molar-refractivity contribution in [2.75, 3.05) is 4.90 Å². The Labute approximate surface area is 146 Å². The van der Waals surface area contributed by atoms with Crippen molar-refractivity contribution in [1.82, 2.24) is 0 Å². The number of phenolic OH excluding ortho intramolecular Hbond substituents is 2. The molecule has 3 nitrogen and oxygen atoms in total. The lowest BCUT2D eigenvalue weighted by Crippen LogP contribution is -2.09. The van der Waals surface area contributed by atoms with Gasteiger partial charge in [-0.1, -0.05) is 30.3 Å². The fraction of sp³-hybridized carbons (Fsp3) is 0. The van der Waals surface area contributed by atoms with Crippen LogP contribution >= 0.6 is 0 Å². The van der Waals surface area contributed by atoms with Crippen molar-refractivity contribution in [3.05, 3.63) is 91.0 Å². The average molecular weight is 327 g/mol. The van der Waals surface area contributed by atoms with Crippen molar-refractivity contribution >= 4 is 27.8 Å². The SMILES string of the molecule is Oc1ccc(N(c2ccc(O)cc2)c2ccc3ccccc3c2)cc1. The van der Waals surface area contributed by atoms with Crippen LogP contribution in [0, 0.1) is 0 Å². The van der Waals surface area contributed by atoms with Crippen molar-refractivity contribution in [1.29, 1.82) is 0 Å². The molecule has 4 rings (SSSR count). The zero-order valence-corrected chi connectivity index (χ0v) is 13.5. The number of hydrogen-bond donors (Lipinski definition) is 2. The fourth-order valence-corrected chi connectivity index (χ4v) is 2.97. The summed E-state index contributed by atoms with van der Waals surface area (Å²) >= 11 is 0. The third kappa shape index (κ3) is 3.00. The minimum Gasteiger partial charge on any atom is -0.508 e. The van der Waals surface area contributed by atoms with E-state index in [0.717, 1.165) is 22.4 Å². The summed E-state index contributed by atoms with van der Waals surface area (Å²) in [6.45, 7) is 0. The maximum absolute atomic E-state index is 9.61. The molecule has 0 saturated carbocycles. The Hall–Kier alpha value is -3.46. The molecule has 3 heteroatoms. The van der Waals surface area contributed by atoms with Gasteiger partial charge in [-0.2, -0.15) is 0 Å². The molecular weight excluding hydrogens is 310 g/mol. The Kier molecular flexibility index (Phi) is 3.75. The molecule has 25 heavy (non-hydrogen) atoms. The van der Waals surface area contributed by atoms with E-state index in [1.807, 2.05) is 36.4 Å². The van der Waals surface area contributed by atoms with Crippen LogP contribution in [-0.4, -0.2) is 10.2 Å². The second-order valence-corrected chi connectivity index (χ2v) is 5.90. The Morgan fingerprint density at radius 2 is 0.960 bits per heavy atom. The van der Waals surface area contributed by atoms with Gasteiger partial charge in [0.15, 0.2) is 0 Å². The number of phenols is 2. The number of hydrogen-bond acceptors (Lipinski definition) is 3. The average Bonchev–Trinajstić information content (AvgIpc) is 2.65. The highest BCUT2D eigenvalue weighted by molar-refractivity contribution is 5.89. The second kappa shape index (κ2) is 6.21. The van der Waals surface area contributed by atoms with Crippen molar-refractivity contribution < 1.29 is 10.2 Å². The highest BCUT2D eigenvalue weighted by Gasteiger charge is 2.13. The third-order valence-corrected chi connectivity index (χ3v) is 4.21. The van der Waals surface area contributed by atoms with Gasteiger partial charge in [-0.3, -0.25) is 0 Å². The standard InChI is InChI=1S/C22H17NO2/c24-21-11-7-18(8-12-21)23(19-9-13-22(25)14-10-19)20-6-5-16-3-1-2-4-17(16)15-20/h1-15,24-25H. The highest BCUT2D eigenvalue weighted by Crippen LogP contribution is 2.37. The molecule has 0 amide bonds. The third-order valence-electron chi connectivity index (χ3n) is 4.21. The molecule has 0 saturated heterocycles. The highest BCUT2D eigenvalue weighted by atomic mass is 16.3. The van der Waals surface area contributed by atoms with Crippen LogP contribution in [0.5, 0.6) is 11.5 Å². The van der Waals surface area contributed by atoms with E-state index in [9.17, 15) is 10.2 Å². The molecule has 0 spiro atoms.